The fourth-order valence-electron chi connectivity index (χ4n) is 3.47. The predicted molar refractivity (Wildman–Crippen MR) is 112 cm³/mol. The quantitative estimate of drug-likeness (QED) is 0.382. The van der Waals surface area contributed by atoms with Crippen molar-refractivity contribution in [1.82, 2.24) is 15.1 Å². The number of likely N-dealkylation sites (tertiary alicyclic amines) is 2. The van der Waals surface area contributed by atoms with E-state index in [4.69, 9.17) is 9.73 Å². The third-order valence-electron chi connectivity index (χ3n) is 5.24. The highest BCUT2D eigenvalue weighted by Gasteiger charge is 2.21. The van der Waals surface area contributed by atoms with Crippen LogP contribution in [0.1, 0.15) is 39.5 Å². The summed E-state index contributed by atoms with van der Waals surface area (Å²) >= 11 is 0. The highest BCUT2D eigenvalue weighted by atomic mass is 127. The van der Waals surface area contributed by atoms with E-state index < -0.39 is 0 Å². The number of methoxy groups -OCH3 is 1. The maximum absolute atomic E-state index is 5.17. The molecule has 2 aliphatic heterocycles. The Morgan fingerprint density at radius 1 is 1.12 bits per heavy atom. The number of aliphatic imine (C=N–C) groups is 1. The zero-order valence-corrected chi connectivity index (χ0v) is 18.1. The van der Waals surface area contributed by atoms with Crippen LogP contribution in [-0.4, -0.2) is 75.3 Å². The van der Waals surface area contributed by atoms with Gasteiger partial charge in [-0.2, -0.15) is 0 Å². The largest absolute Gasteiger partial charge is 0.383 e. The number of piperidine rings is 2. The third-order valence-corrected chi connectivity index (χ3v) is 5.24. The lowest BCUT2D eigenvalue weighted by Crippen LogP contribution is -2.45. The molecule has 5 nitrogen and oxygen atoms in total. The molecule has 1 N–H and O–H groups in total. The minimum absolute atomic E-state index is 0. The van der Waals surface area contributed by atoms with Gasteiger partial charge in [0.15, 0.2) is 5.96 Å². The number of nitrogens with one attached hydrogen (secondary N) is 1. The Morgan fingerprint density at radius 3 is 2.38 bits per heavy atom. The van der Waals surface area contributed by atoms with Gasteiger partial charge >= 0.3 is 0 Å². The van der Waals surface area contributed by atoms with E-state index >= 15 is 0 Å². The van der Waals surface area contributed by atoms with Crippen LogP contribution in [0.5, 0.6) is 0 Å². The van der Waals surface area contributed by atoms with Crippen LogP contribution in [0.3, 0.4) is 0 Å². The Labute approximate surface area is 165 Å². The standard InChI is InChI=1S/C18H36N4O.HI/c1-4-19-18(22-11-5-16(2)6-12-22)20-15-17-7-9-21(10-8-17)13-14-23-3;/h16-17H,4-15H2,1-3H3,(H,19,20);1H. The van der Waals surface area contributed by atoms with Crippen LogP contribution < -0.4 is 5.32 Å². The molecule has 0 aliphatic carbocycles. The molecular formula is C18H37IN4O. The zero-order valence-electron chi connectivity index (χ0n) is 15.8. The summed E-state index contributed by atoms with van der Waals surface area (Å²) in [5.74, 6) is 2.75. The molecule has 142 valence electrons. The van der Waals surface area contributed by atoms with Crippen molar-refractivity contribution < 1.29 is 4.74 Å². The maximum atomic E-state index is 5.17. The normalized spacial score (nSPS) is 21.6. The van der Waals surface area contributed by atoms with Crippen molar-refractivity contribution >= 4 is 29.9 Å². The van der Waals surface area contributed by atoms with E-state index in [1.54, 1.807) is 7.11 Å². The van der Waals surface area contributed by atoms with Crippen molar-refractivity contribution in [3.8, 4) is 0 Å². The highest BCUT2D eigenvalue weighted by Crippen LogP contribution is 2.19. The lowest BCUT2D eigenvalue weighted by Gasteiger charge is -2.34. The smallest absolute Gasteiger partial charge is 0.193 e. The van der Waals surface area contributed by atoms with E-state index in [-0.39, 0.29) is 24.0 Å². The summed E-state index contributed by atoms with van der Waals surface area (Å²) < 4.78 is 5.17. The number of nitrogens with zero attached hydrogens (tertiary/aromatic N) is 3. The Bertz CT molecular complexity index is 351. The van der Waals surface area contributed by atoms with Gasteiger partial charge in [0.25, 0.3) is 0 Å². The van der Waals surface area contributed by atoms with Gasteiger partial charge in [-0.25, -0.2) is 0 Å². The number of hydrogen-bond acceptors (Lipinski definition) is 3. The number of rotatable bonds is 6. The van der Waals surface area contributed by atoms with Crippen molar-refractivity contribution in [3.05, 3.63) is 0 Å². The van der Waals surface area contributed by atoms with Crippen molar-refractivity contribution in [3.63, 3.8) is 0 Å². The average Bonchev–Trinajstić information content (AvgIpc) is 2.58. The second-order valence-corrected chi connectivity index (χ2v) is 7.14. The molecule has 0 atom stereocenters. The summed E-state index contributed by atoms with van der Waals surface area (Å²) in [6.07, 6.45) is 5.12. The van der Waals surface area contributed by atoms with Gasteiger partial charge in [-0.3, -0.25) is 4.99 Å². The molecule has 2 rings (SSSR count). The number of hydrogen-bond donors (Lipinski definition) is 1. The van der Waals surface area contributed by atoms with Gasteiger partial charge in [-0.05, 0) is 57.5 Å². The van der Waals surface area contributed by atoms with Gasteiger partial charge < -0.3 is 19.9 Å². The van der Waals surface area contributed by atoms with Crippen LogP contribution in [0.4, 0.5) is 0 Å². The molecule has 0 bridgehead atoms. The first kappa shape index (κ1) is 22.0. The molecule has 24 heavy (non-hydrogen) atoms. The summed E-state index contributed by atoms with van der Waals surface area (Å²) in [5.41, 5.74) is 0. The molecule has 0 aromatic rings. The maximum Gasteiger partial charge on any atom is 0.193 e. The van der Waals surface area contributed by atoms with Crippen LogP contribution in [0, 0.1) is 11.8 Å². The Balaban J connectivity index is 0.00000288. The Morgan fingerprint density at radius 2 is 1.79 bits per heavy atom. The van der Waals surface area contributed by atoms with E-state index in [0.29, 0.717) is 0 Å². The lowest BCUT2D eigenvalue weighted by atomic mass is 9.97. The molecule has 0 aromatic carbocycles. The van der Waals surface area contributed by atoms with Gasteiger partial charge in [0.2, 0.25) is 0 Å². The minimum Gasteiger partial charge on any atom is -0.383 e. The SMILES string of the molecule is CCNC(=NCC1CCN(CCOC)CC1)N1CCC(C)CC1.I. The monoisotopic (exact) mass is 452 g/mol. The van der Waals surface area contributed by atoms with E-state index in [2.05, 4.69) is 29.0 Å². The summed E-state index contributed by atoms with van der Waals surface area (Å²) in [7, 11) is 1.78. The molecule has 0 spiro atoms. The summed E-state index contributed by atoms with van der Waals surface area (Å²) in [4.78, 5) is 9.93. The molecule has 2 fully saturated rings. The van der Waals surface area contributed by atoms with Crippen molar-refractivity contribution in [2.75, 3.05) is 59.5 Å². The van der Waals surface area contributed by atoms with E-state index in [1.165, 1.54) is 38.8 Å². The molecule has 0 unspecified atom stereocenters. The van der Waals surface area contributed by atoms with Crippen LogP contribution in [0.25, 0.3) is 0 Å². The lowest BCUT2D eigenvalue weighted by molar-refractivity contribution is 0.121. The summed E-state index contributed by atoms with van der Waals surface area (Å²) in [6, 6.07) is 0. The second kappa shape index (κ2) is 12.3. The predicted octanol–water partition coefficient (Wildman–Crippen LogP) is 2.66. The molecule has 6 heteroatoms. The second-order valence-electron chi connectivity index (χ2n) is 7.14. The topological polar surface area (TPSA) is 40.1 Å². The van der Waals surface area contributed by atoms with Crippen molar-refractivity contribution in [1.29, 1.82) is 0 Å². The molecule has 0 aromatic heterocycles. The number of guanidine groups is 1. The Hall–Kier alpha value is -0.0800. The average molecular weight is 452 g/mol. The molecular weight excluding hydrogens is 415 g/mol. The molecule has 2 aliphatic rings. The first-order valence-corrected chi connectivity index (χ1v) is 9.47. The zero-order chi connectivity index (χ0) is 16.5. The fraction of sp³-hybridized carbons (Fsp3) is 0.944. The highest BCUT2D eigenvalue weighted by molar-refractivity contribution is 14.0. The van der Waals surface area contributed by atoms with Crippen LogP contribution in [0.2, 0.25) is 0 Å². The summed E-state index contributed by atoms with van der Waals surface area (Å²) in [5, 5.41) is 3.49. The number of ether oxygens (including phenoxy) is 1. The first-order chi connectivity index (χ1) is 11.2. The summed E-state index contributed by atoms with van der Waals surface area (Å²) in [6.45, 7) is 13.1. The van der Waals surface area contributed by atoms with E-state index in [1.807, 2.05) is 0 Å². The molecule has 0 saturated carbocycles. The molecule has 0 amide bonds. The van der Waals surface area contributed by atoms with Gasteiger partial charge in [0.05, 0.1) is 6.61 Å². The van der Waals surface area contributed by atoms with Crippen molar-refractivity contribution in [2.24, 2.45) is 16.8 Å². The first-order valence-electron chi connectivity index (χ1n) is 9.47. The Kier molecular flexibility index (Phi) is 11.3. The molecule has 2 saturated heterocycles. The fourth-order valence-corrected chi connectivity index (χ4v) is 3.47. The van der Waals surface area contributed by atoms with Crippen LogP contribution >= 0.6 is 24.0 Å². The molecule has 2 heterocycles. The van der Waals surface area contributed by atoms with Crippen molar-refractivity contribution in [2.45, 2.75) is 39.5 Å². The third kappa shape index (κ3) is 7.44. The van der Waals surface area contributed by atoms with Crippen LogP contribution in [0.15, 0.2) is 4.99 Å². The van der Waals surface area contributed by atoms with E-state index in [9.17, 15) is 0 Å². The van der Waals surface area contributed by atoms with E-state index in [0.717, 1.165) is 57.1 Å². The van der Waals surface area contributed by atoms with Gasteiger partial charge in [-0.15, -0.1) is 24.0 Å². The van der Waals surface area contributed by atoms with Gasteiger partial charge in [0, 0.05) is 39.8 Å². The van der Waals surface area contributed by atoms with Crippen LogP contribution in [-0.2, 0) is 4.74 Å². The molecule has 0 radical (unpaired) electrons. The minimum atomic E-state index is 0. The number of halogens is 1. The van der Waals surface area contributed by atoms with Gasteiger partial charge in [0.1, 0.15) is 0 Å². The van der Waals surface area contributed by atoms with Gasteiger partial charge in [-0.1, -0.05) is 6.92 Å².